The van der Waals surface area contributed by atoms with Crippen molar-refractivity contribution in [3.8, 4) is 0 Å². The Morgan fingerprint density at radius 3 is 2.35 bits per heavy atom. The fourth-order valence-corrected chi connectivity index (χ4v) is 2.99. The number of piperazine rings is 1. The molecule has 17 heavy (non-hydrogen) atoms. The molecule has 1 heterocycles. The second-order valence-electron chi connectivity index (χ2n) is 5.69. The molecule has 0 aromatic heterocycles. The van der Waals surface area contributed by atoms with Crippen LogP contribution in [0.1, 0.15) is 45.4 Å². The van der Waals surface area contributed by atoms with Crippen LogP contribution in [-0.4, -0.2) is 54.6 Å². The number of nitrogens with two attached hydrogens (primary N) is 1. The van der Waals surface area contributed by atoms with E-state index in [1.807, 2.05) is 0 Å². The summed E-state index contributed by atoms with van der Waals surface area (Å²) in [5.41, 5.74) is 5.94. The summed E-state index contributed by atoms with van der Waals surface area (Å²) in [6.45, 7) is 8.14. The van der Waals surface area contributed by atoms with Gasteiger partial charge in [-0.05, 0) is 19.3 Å². The molecule has 2 fully saturated rings. The van der Waals surface area contributed by atoms with Crippen LogP contribution in [-0.2, 0) is 0 Å². The number of hydrogen-bond donors (Lipinski definition) is 1. The van der Waals surface area contributed by atoms with Crippen LogP contribution < -0.4 is 5.73 Å². The van der Waals surface area contributed by atoms with Crippen LogP contribution in [0, 0.1) is 0 Å². The number of hydrogen-bond acceptors (Lipinski definition) is 3. The molecule has 0 amide bonds. The first kappa shape index (κ1) is 13.3. The van der Waals surface area contributed by atoms with Crippen LogP contribution in [0.5, 0.6) is 0 Å². The standard InChI is InChI=1S/C14H29N3/c1-2-3-4-5-14(12-15)17-10-8-16(9-11-17)13-6-7-13/h13-14H,2-12,15H2,1H3. The lowest BCUT2D eigenvalue weighted by atomic mass is 10.1. The SMILES string of the molecule is CCCCCC(CN)N1CCN(C2CC2)CC1. The molecule has 0 bridgehead atoms. The van der Waals surface area contributed by atoms with Crippen molar-refractivity contribution in [2.75, 3.05) is 32.7 Å². The Hall–Kier alpha value is -0.120. The third-order valence-corrected chi connectivity index (χ3v) is 4.34. The van der Waals surface area contributed by atoms with E-state index in [2.05, 4.69) is 16.7 Å². The molecule has 1 aliphatic heterocycles. The lowest BCUT2D eigenvalue weighted by Crippen LogP contribution is -2.52. The predicted molar refractivity (Wildman–Crippen MR) is 73.2 cm³/mol. The minimum absolute atomic E-state index is 0.642. The van der Waals surface area contributed by atoms with Crippen LogP contribution in [0.4, 0.5) is 0 Å². The lowest BCUT2D eigenvalue weighted by molar-refractivity contribution is 0.0894. The predicted octanol–water partition coefficient (Wildman–Crippen LogP) is 1.67. The highest BCUT2D eigenvalue weighted by molar-refractivity contribution is 4.89. The van der Waals surface area contributed by atoms with Crippen molar-refractivity contribution in [1.29, 1.82) is 0 Å². The smallest absolute Gasteiger partial charge is 0.0219 e. The van der Waals surface area contributed by atoms with Gasteiger partial charge in [0.15, 0.2) is 0 Å². The van der Waals surface area contributed by atoms with Crippen molar-refractivity contribution in [2.24, 2.45) is 5.73 Å². The number of rotatable bonds is 7. The third kappa shape index (κ3) is 3.94. The zero-order chi connectivity index (χ0) is 12.1. The zero-order valence-electron chi connectivity index (χ0n) is 11.4. The Morgan fingerprint density at radius 2 is 1.82 bits per heavy atom. The second kappa shape index (κ2) is 6.72. The Morgan fingerprint density at radius 1 is 1.12 bits per heavy atom. The average Bonchev–Trinajstić information content (AvgIpc) is 3.19. The van der Waals surface area contributed by atoms with E-state index in [0.29, 0.717) is 6.04 Å². The first-order valence-electron chi connectivity index (χ1n) is 7.53. The third-order valence-electron chi connectivity index (χ3n) is 4.34. The quantitative estimate of drug-likeness (QED) is 0.686. The highest BCUT2D eigenvalue weighted by Gasteiger charge is 2.32. The van der Waals surface area contributed by atoms with E-state index in [4.69, 9.17) is 5.73 Å². The largest absolute Gasteiger partial charge is 0.329 e. The molecule has 100 valence electrons. The molecule has 1 saturated carbocycles. The Kier molecular flexibility index (Phi) is 5.26. The molecule has 0 aromatic rings. The summed E-state index contributed by atoms with van der Waals surface area (Å²) in [4.78, 5) is 5.31. The molecule has 0 spiro atoms. The Labute approximate surface area is 106 Å². The summed E-state index contributed by atoms with van der Waals surface area (Å²) >= 11 is 0. The van der Waals surface area contributed by atoms with Gasteiger partial charge in [-0.2, -0.15) is 0 Å². The minimum atomic E-state index is 0.642. The van der Waals surface area contributed by atoms with Crippen molar-refractivity contribution >= 4 is 0 Å². The molecule has 2 N–H and O–H groups in total. The van der Waals surface area contributed by atoms with E-state index in [-0.39, 0.29) is 0 Å². The highest BCUT2D eigenvalue weighted by Crippen LogP contribution is 2.27. The Bertz CT molecular complexity index is 208. The van der Waals surface area contributed by atoms with Gasteiger partial charge in [0.1, 0.15) is 0 Å². The number of nitrogens with zero attached hydrogens (tertiary/aromatic N) is 2. The van der Waals surface area contributed by atoms with Gasteiger partial charge in [0.25, 0.3) is 0 Å². The summed E-state index contributed by atoms with van der Waals surface area (Å²) < 4.78 is 0. The summed E-state index contributed by atoms with van der Waals surface area (Å²) in [5, 5.41) is 0. The van der Waals surface area contributed by atoms with Crippen LogP contribution in [0.25, 0.3) is 0 Å². The average molecular weight is 239 g/mol. The summed E-state index contributed by atoms with van der Waals surface area (Å²) in [7, 11) is 0. The van der Waals surface area contributed by atoms with E-state index >= 15 is 0 Å². The fraction of sp³-hybridized carbons (Fsp3) is 1.00. The van der Waals surface area contributed by atoms with E-state index in [1.165, 1.54) is 64.7 Å². The van der Waals surface area contributed by atoms with Gasteiger partial charge in [0, 0.05) is 44.8 Å². The van der Waals surface area contributed by atoms with Gasteiger partial charge in [0.05, 0.1) is 0 Å². The van der Waals surface area contributed by atoms with Crippen LogP contribution in [0.2, 0.25) is 0 Å². The maximum atomic E-state index is 5.94. The van der Waals surface area contributed by atoms with Gasteiger partial charge in [-0.1, -0.05) is 26.2 Å². The molecule has 2 aliphatic rings. The van der Waals surface area contributed by atoms with E-state index in [9.17, 15) is 0 Å². The molecule has 3 heteroatoms. The van der Waals surface area contributed by atoms with Crippen LogP contribution in [0.15, 0.2) is 0 Å². The lowest BCUT2D eigenvalue weighted by Gasteiger charge is -2.39. The molecule has 3 nitrogen and oxygen atoms in total. The molecule has 1 unspecified atom stereocenters. The maximum Gasteiger partial charge on any atom is 0.0219 e. The van der Waals surface area contributed by atoms with Crippen LogP contribution >= 0.6 is 0 Å². The summed E-state index contributed by atoms with van der Waals surface area (Å²) in [6.07, 6.45) is 8.20. The van der Waals surface area contributed by atoms with Gasteiger partial charge in [-0.15, -0.1) is 0 Å². The molecule has 1 aliphatic carbocycles. The minimum Gasteiger partial charge on any atom is -0.329 e. The topological polar surface area (TPSA) is 32.5 Å². The molecule has 0 aromatic carbocycles. The zero-order valence-corrected chi connectivity index (χ0v) is 11.4. The molecule has 1 saturated heterocycles. The Balaban J connectivity index is 1.68. The molecule has 1 atom stereocenters. The second-order valence-corrected chi connectivity index (χ2v) is 5.69. The van der Waals surface area contributed by atoms with Crippen molar-refractivity contribution in [3.05, 3.63) is 0 Å². The monoisotopic (exact) mass is 239 g/mol. The van der Waals surface area contributed by atoms with E-state index in [0.717, 1.165) is 12.6 Å². The molecule has 0 radical (unpaired) electrons. The van der Waals surface area contributed by atoms with Gasteiger partial charge in [-0.3, -0.25) is 9.80 Å². The van der Waals surface area contributed by atoms with Gasteiger partial charge in [0.2, 0.25) is 0 Å². The van der Waals surface area contributed by atoms with Crippen molar-refractivity contribution < 1.29 is 0 Å². The molecular weight excluding hydrogens is 210 g/mol. The summed E-state index contributed by atoms with van der Waals surface area (Å²) in [5.74, 6) is 0. The first-order valence-corrected chi connectivity index (χ1v) is 7.53. The van der Waals surface area contributed by atoms with Gasteiger partial charge in [-0.25, -0.2) is 0 Å². The maximum absolute atomic E-state index is 5.94. The van der Waals surface area contributed by atoms with E-state index < -0.39 is 0 Å². The fourth-order valence-electron chi connectivity index (χ4n) is 2.99. The van der Waals surface area contributed by atoms with E-state index in [1.54, 1.807) is 0 Å². The summed E-state index contributed by atoms with van der Waals surface area (Å²) in [6, 6.07) is 1.58. The molecular formula is C14H29N3. The van der Waals surface area contributed by atoms with Crippen molar-refractivity contribution in [1.82, 2.24) is 9.80 Å². The van der Waals surface area contributed by atoms with Crippen molar-refractivity contribution in [3.63, 3.8) is 0 Å². The number of unbranched alkanes of at least 4 members (excludes halogenated alkanes) is 2. The highest BCUT2D eigenvalue weighted by atomic mass is 15.3. The molecule has 2 rings (SSSR count). The van der Waals surface area contributed by atoms with Crippen molar-refractivity contribution in [2.45, 2.75) is 57.5 Å². The van der Waals surface area contributed by atoms with Crippen LogP contribution in [0.3, 0.4) is 0 Å². The van der Waals surface area contributed by atoms with Gasteiger partial charge >= 0.3 is 0 Å². The first-order chi connectivity index (χ1) is 8.35. The normalized spacial score (nSPS) is 25.1. The van der Waals surface area contributed by atoms with Gasteiger partial charge < -0.3 is 5.73 Å².